The van der Waals surface area contributed by atoms with Crippen molar-refractivity contribution in [3.8, 4) is 11.8 Å². The Hall–Kier alpha value is -0.190. The number of aliphatic hydroxyl groups excluding tert-OH is 1. The lowest BCUT2D eigenvalue weighted by Crippen LogP contribution is -2.05. The quantitative estimate of drug-likeness (QED) is 0.400. The number of hydrogen-bond acceptors (Lipinski definition) is 1. The van der Waals surface area contributed by atoms with E-state index in [9.17, 15) is 0 Å². The van der Waals surface area contributed by atoms with Crippen molar-refractivity contribution in [3.05, 3.63) is 0 Å². The number of hydrogen-bond donors (Lipinski definition) is 1. The minimum atomic E-state index is -0.453. The summed E-state index contributed by atoms with van der Waals surface area (Å²) in [5, 5.41) is 9.03. The van der Waals surface area contributed by atoms with Crippen LogP contribution in [-0.4, -0.2) is 17.1 Å². The Labute approximate surface area is 80.1 Å². The van der Waals surface area contributed by atoms with Crippen LogP contribution in [0.4, 0.5) is 0 Å². The van der Waals surface area contributed by atoms with Gasteiger partial charge in [0, 0.05) is 18.7 Å². The van der Waals surface area contributed by atoms with Gasteiger partial charge < -0.3 is 5.11 Å². The predicted molar refractivity (Wildman–Crippen MR) is 53.3 cm³/mol. The molecule has 1 N–H and O–H groups in total. The second kappa shape index (κ2) is 8.90. The fraction of sp³-hybridized carbons (Fsp3) is 0.800. The van der Waals surface area contributed by atoms with E-state index in [1.807, 2.05) is 0 Å². The Bertz CT molecular complexity index is 146. The molecule has 1 nitrogen and oxygen atoms in total. The molecule has 0 heterocycles. The van der Waals surface area contributed by atoms with Crippen molar-refractivity contribution in [2.45, 2.75) is 45.1 Å². The minimum Gasteiger partial charge on any atom is -0.391 e. The van der Waals surface area contributed by atoms with E-state index >= 15 is 0 Å². The highest BCUT2D eigenvalue weighted by atomic mass is 35.5. The molecule has 0 saturated carbocycles. The zero-order valence-electron chi connectivity index (χ0n) is 7.65. The van der Waals surface area contributed by atoms with Crippen LogP contribution >= 0.6 is 11.6 Å². The molecule has 0 rings (SSSR count). The van der Waals surface area contributed by atoms with Gasteiger partial charge in [0.1, 0.15) is 0 Å². The second-order valence-corrected chi connectivity index (χ2v) is 3.13. The molecular formula is C10H17ClO. The molecule has 0 radical (unpaired) electrons. The number of aliphatic hydroxyl groups is 1. The lowest BCUT2D eigenvalue weighted by atomic mass is 10.2. The summed E-state index contributed by atoms with van der Waals surface area (Å²) >= 11 is 5.40. The summed E-state index contributed by atoms with van der Waals surface area (Å²) in [7, 11) is 0. The molecule has 0 fully saturated rings. The van der Waals surface area contributed by atoms with Gasteiger partial charge in [0.25, 0.3) is 0 Å². The van der Waals surface area contributed by atoms with E-state index in [0.29, 0.717) is 6.42 Å². The summed E-state index contributed by atoms with van der Waals surface area (Å²) in [5.41, 5.74) is 0. The van der Waals surface area contributed by atoms with E-state index in [0.717, 1.165) is 6.42 Å². The Morgan fingerprint density at radius 1 is 1.33 bits per heavy atom. The van der Waals surface area contributed by atoms with Gasteiger partial charge in [0.2, 0.25) is 0 Å². The van der Waals surface area contributed by atoms with Crippen molar-refractivity contribution in [3.63, 3.8) is 0 Å². The Morgan fingerprint density at radius 2 is 2.08 bits per heavy atom. The average molecular weight is 189 g/mol. The van der Waals surface area contributed by atoms with Gasteiger partial charge in [-0.15, -0.1) is 23.4 Å². The van der Waals surface area contributed by atoms with Gasteiger partial charge in [-0.1, -0.05) is 19.8 Å². The highest BCUT2D eigenvalue weighted by Gasteiger charge is 1.96. The van der Waals surface area contributed by atoms with Crippen LogP contribution in [0, 0.1) is 11.8 Å². The summed E-state index contributed by atoms with van der Waals surface area (Å²) in [6, 6.07) is 0. The molecule has 0 aliphatic rings. The molecule has 12 heavy (non-hydrogen) atoms. The summed E-state index contributed by atoms with van der Waals surface area (Å²) in [4.78, 5) is 0. The molecule has 70 valence electrons. The molecule has 0 unspecified atom stereocenters. The minimum absolute atomic E-state index is 0.281. The molecule has 0 amide bonds. The maximum absolute atomic E-state index is 9.03. The van der Waals surface area contributed by atoms with Crippen LogP contribution in [-0.2, 0) is 0 Å². The Kier molecular flexibility index (Phi) is 8.76. The van der Waals surface area contributed by atoms with Gasteiger partial charge in [0.05, 0.1) is 6.10 Å². The average Bonchev–Trinajstić information content (AvgIpc) is 2.10. The van der Waals surface area contributed by atoms with E-state index in [-0.39, 0.29) is 5.88 Å². The first kappa shape index (κ1) is 11.8. The van der Waals surface area contributed by atoms with Crippen LogP contribution in [0.2, 0.25) is 0 Å². The van der Waals surface area contributed by atoms with Crippen LogP contribution in [0.5, 0.6) is 0 Å². The predicted octanol–water partition coefficient (Wildman–Crippen LogP) is 2.56. The standard InChI is InChI=1S/C10H17ClO/c1-2-3-4-5-6-7-8-10(12)9-11/h10,12H,2-5,8-9H2,1H3/t10-/m1/s1. The monoisotopic (exact) mass is 188 g/mol. The molecule has 2 heteroatoms. The zero-order valence-corrected chi connectivity index (χ0v) is 8.40. The van der Waals surface area contributed by atoms with Crippen molar-refractivity contribution in [2.24, 2.45) is 0 Å². The topological polar surface area (TPSA) is 20.2 Å². The van der Waals surface area contributed by atoms with Crippen molar-refractivity contribution in [1.82, 2.24) is 0 Å². The highest BCUT2D eigenvalue weighted by molar-refractivity contribution is 6.18. The van der Waals surface area contributed by atoms with Crippen LogP contribution in [0.25, 0.3) is 0 Å². The summed E-state index contributed by atoms with van der Waals surface area (Å²) in [5.74, 6) is 6.21. The first-order valence-electron chi connectivity index (χ1n) is 4.51. The third-order valence-electron chi connectivity index (χ3n) is 1.55. The lowest BCUT2D eigenvalue weighted by molar-refractivity contribution is 0.204. The van der Waals surface area contributed by atoms with Crippen LogP contribution in [0.15, 0.2) is 0 Å². The lowest BCUT2D eigenvalue weighted by Gasteiger charge is -1.97. The fourth-order valence-corrected chi connectivity index (χ4v) is 0.905. The number of alkyl halides is 1. The molecule has 0 aliphatic carbocycles. The smallest absolute Gasteiger partial charge is 0.0784 e. The zero-order chi connectivity index (χ0) is 9.23. The van der Waals surface area contributed by atoms with Gasteiger partial charge in [-0.3, -0.25) is 0 Å². The number of unbranched alkanes of at least 4 members (excludes halogenated alkanes) is 3. The van der Waals surface area contributed by atoms with Gasteiger partial charge in [-0.2, -0.15) is 0 Å². The molecule has 0 spiro atoms. The third-order valence-corrected chi connectivity index (χ3v) is 1.90. The molecule has 1 atom stereocenters. The van der Waals surface area contributed by atoms with Crippen molar-refractivity contribution in [2.75, 3.05) is 5.88 Å². The Balaban J connectivity index is 3.22. The fourth-order valence-electron chi connectivity index (χ4n) is 0.796. The maximum atomic E-state index is 9.03. The third kappa shape index (κ3) is 7.91. The number of rotatable bonds is 5. The van der Waals surface area contributed by atoms with E-state index in [2.05, 4.69) is 18.8 Å². The van der Waals surface area contributed by atoms with E-state index < -0.39 is 6.10 Å². The first-order valence-corrected chi connectivity index (χ1v) is 5.04. The largest absolute Gasteiger partial charge is 0.391 e. The van der Waals surface area contributed by atoms with Gasteiger partial charge in [0.15, 0.2) is 0 Å². The molecule has 0 aromatic heterocycles. The van der Waals surface area contributed by atoms with E-state index in [1.165, 1.54) is 19.3 Å². The van der Waals surface area contributed by atoms with E-state index in [1.54, 1.807) is 0 Å². The maximum Gasteiger partial charge on any atom is 0.0784 e. The van der Waals surface area contributed by atoms with Gasteiger partial charge in [-0.25, -0.2) is 0 Å². The van der Waals surface area contributed by atoms with Crippen LogP contribution in [0.3, 0.4) is 0 Å². The highest BCUT2D eigenvalue weighted by Crippen LogP contribution is 1.97. The summed E-state index contributed by atoms with van der Waals surface area (Å²) < 4.78 is 0. The molecular weight excluding hydrogens is 172 g/mol. The number of halogens is 1. The molecule has 0 saturated heterocycles. The molecule has 0 bridgehead atoms. The van der Waals surface area contributed by atoms with Gasteiger partial charge >= 0.3 is 0 Å². The van der Waals surface area contributed by atoms with Gasteiger partial charge in [-0.05, 0) is 6.42 Å². The normalized spacial score (nSPS) is 11.9. The van der Waals surface area contributed by atoms with Crippen molar-refractivity contribution >= 4 is 11.6 Å². The van der Waals surface area contributed by atoms with Crippen LogP contribution < -0.4 is 0 Å². The second-order valence-electron chi connectivity index (χ2n) is 2.82. The SMILES string of the molecule is CCCCCC#CC[C@@H](O)CCl. The molecule has 0 aromatic rings. The van der Waals surface area contributed by atoms with Crippen molar-refractivity contribution in [1.29, 1.82) is 0 Å². The molecule has 0 aliphatic heterocycles. The molecule has 0 aromatic carbocycles. The van der Waals surface area contributed by atoms with E-state index in [4.69, 9.17) is 16.7 Å². The van der Waals surface area contributed by atoms with Crippen molar-refractivity contribution < 1.29 is 5.11 Å². The summed E-state index contributed by atoms with van der Waals surface area (Å²) in [6.45, 7) is 2.17. The first-order chi connectivity index (χ1) is 5.81. The summed E-state index contributed by atoms with van der Waals surface area (Å²) in [6.07, 6.45) is 4.64. The van der Waals surface area contributed by atoms with Crippen LogP contribution in [0.1, 0.15) is 39.0 Å². The Morgan fingerprint density at radius 3 is 2.67 bits per heavy atom.